The molecule has 1 aromatic carbocycles. The van der Waals surface area contributed by atoms with Gasteiger partial charge in [0.05, 0.1) is 5.52 Å². The van der Waals surface area contributed by atoms with Gasteiger partial charge in [-0.15, -0.1) is 0 Å². The highest BCUT2D eigenvalue weighted by atomic mass is 35.5. The predicted octanol–water partition coefficient (Wildman–Crippen LogP) is 3.83. The minimum atomic E-state index is -0.0228. The first-order valence-electron chi connectivity index (χ1n) is 9.37. The summed E-state index contributed by atoms with van der Waals surface area (Å²) in [6, 6.07) is 5.73. The normalized spacial score (nSPS) is 21.8. The molecule has 4 nitrogen and oxygen atoms in total. The standard InChI is InChI=1S/C21H25ClN2O2/c22-16-3-4-17-18(9-16)24-19-8-14-5-12(1-2-13(10-25)11-26)6-15(7-14)20(19)21(17)23/h3-5,9,13-15,25-26H,1-2,6-8,10-11H2,(H2,23,24)/t14-,15+/m1/s1. The van der Waals surface area contributed by atoms with Crippen molar-refractivity contribution in [2.24, 2.45) is 11.8 Å². The maximum absolute atomic E-state index is 9.29. The molecule has 2 aliphatic carbocycles. The molecular formula is C21H25ClN2O2. The van der Waals surface area contributed by atoms with Gasteiger partial charge < -0.3 is 15.9 Å². The minimum Gasteiger partial charge on any atom is -0.398 e. The van der Waals surface area contributed by atoms with E-state index in [0.29, 0.717) is 16.9 Å². The van der Waals surface area contributed by atoms with Crippen molar-refractivity contribution >= 4 is 28.2 Å². The Morgan fingerprint density at radius 3 is 2.81 bits per heavy atom. The molecule has 0 saturated heterocycles. The Hall–Kier alpha value is -1.62. The third-order valence-electron chi connectivity index (χ3n) is 5.93. The number of benzene rings is 1. The summed E-state index contributed by atoms with van der Waals surface area (Å²) in [6.45, 7) is 0.0930. The zero-order valence-electron chi connectivity index (χ0n) is 14.8. The average Bonchev–Trinajstić information content (AvgIpc) is 2.61. The molecule has 0 saturated carbocycles. The van der Waals surface area contributed by atoms with Gasteiger partial charge in [-0.3, -0.25) is 4.98 Å². The first kappa shape index (κ1) is 17.8. The number of anilines is 1. The van der Waals surface area contributed by atoms with Gasteiger partial charge in [0.15, 0.2) is 0 Å². The minimum absolute atomic E-state index is 0.0228. The number of aromatic nitrogens is 1. The number of aliphatic hydroxyl groups excluding tert-OH is 2. The summed E-state index contributed by atoms with van der Waals surface area (Å²) in [5, 5.41) is 20.3. The molecule has 138 valence electrons. The van der Waals surface area contributed by atoms with Gasteiger partial charge in [-0.1, -0.05) is 23.3 Å². The van der Waals surface area contributed by atoms with E-state index in [1.165, 1.54) is 11.1 Å². The number of pyridine rings is 1. The van der Waals surface area contributed by atoms with E-state index >= 15 is 0 Å². The van der Waals surface area contributed by atoms with Crippen LogP contribution in [-0.4, -0.2) is 28.4 Å². The lowest BCUT2D eigenvalue weighted by Gasteiger charge is -2.36. The monoisotopic (exact) mass is 372 g/mol. The molecule has 0 aliphatic heterocycles. The second-order valence-corrected chi connectivity index (χ2v) is 8.18. The van der Waals surface area contributed by atoms with E-state index in [4.69, 9.17) is 22.3 Å². The topological polar surface area (TPSA) is 79.4 Å². The Kier molecular flexibility index (Phi) is 4.91. The zero-order chi connectivity index (χ0) is 18.3. The summed E-state index contributed by atoms with van der Waals surface area (Å²) in [5.74, 6) is 0.893. The van der Waals surface area contributed by atoms with Crippen molar-refractivity contribution in [2.45, 2.75) is 38.0 Å². The van der Waals surface area contributed by atoms with Crippen LogP contribution in [0.2, 0.25) is 5.02 Å². The Morgan fingerprint density at radius 1 is 1.23 bits per heavy atom. The van der Waals surface area contributed by atoms with Crippen LogP contribution in [0.5, 0.6) is 0 Å². The number of nitrogens with zero attached hydrogens (tertiary/aromatic N) is 1. The zero-order valence-corrected chi connectivity index (χ0v) is 15.5. The highest BCUT2D eigenvalue weighted by Gasteiger charge is 2.33. The first-order valence-corrected chi connectivity index (χ1v) is 9.75. The van der Waals surface area contributed by atoms with Crippen LogP contribution in [0, 0.1) is 11.8 Å². The smallest absolute Gasteiger partial charge is 0.0741 e. The van der Waals surface area contributed by atoms with Gasteiger partial charge in [0.1, 0.15) is 0 Å². The molecule has 1 heterocycles. The van der Waals surface area contributed by atoms with E-state index in [0.717, 1.165) is 54.4 Å². The second-order valence-electron chi connectivity index (χ2n) is 7.74. The maximum Gasteiger partial charge on any atom is 0.0741 e. The van der Waals surface area contributed by atoms with Crippen LogP contribution in [0.1, 0.15) is 42.9 Å². The van der Waals surface area contributed by atoms with Crippen LogP contribution in [0.25, 0.3) is 10.9 Å². The van der Waals surface area contributed by atoms with Gasteiger partial charge in [-0.05, 0) is 62.1 Å². The molecule has 1 aromatic heterocycles. The van der Waals surface area contributed by atoms with Crippen molar-refractivity contribution in [1.29, 1.82) is 0 Å². The number of aliphatic hydroxyl groups is 2. The van der Waals surface area contributed by atoms with E-state index in [1.54, 1.807) is 0 Å². The summed E-state index contributed by atoms with van der Waals surface area (Å²) in [6.07, 6.45) is 7.21. The van der Waals surface area contributed by atoms with Gasteiger partial charge in [-0.2, -0.15) is 0 Å². The lowest BCUT2D eigenvalue weighted by atomic mass is 9.70. The van der Waals surface area contributed by atoms with Crippen molar-refractivity contribution < 1.29 is 10.2 Å². The fourth-order valence-corrected chi connectivity index (χ4v) is 4.77. The van der Waals surface area contributed by atoms with Crippen LogP contribution < -0.4 is 5.73 Å². The molecule has 2 bridgehead atoms. The molecule has 0 spiro atoms. The summed E-state index contributed by atoms with van der Waals surface area (Å²) >= 11 is 6.13. The van der Waals surface area contributed by atoms with Gasteiger partial charge in [-0.25, -0.2) is 0 Å². The summed E-state index contributed by atoms with van der Waals surface area (Å²) in [7, 11) is 0. The molecule has 4 rings (SSSR count). The number of rotatable bonds is 5. The van der Waals surface area contributed by atoms with E-state index in [1.807, 2.05) is 18.2 Å². The molecule has 0 radical (unpaired) electrons. The van der Waals surface area contributed by atoms with Crippen molar-refractivity contribution in [3.05, 3.63) is 46.1 Å². The Balaban J connectivity index is 1.63. The fraction of sp³-hybridized carbons (Fsp3) is 0.476. The van der Waals surface area contributed by atoms with Crippen LogP contribution in [0.4, 0.5) is 5.69 Å². The van der Waals surface area contributed by atoms with Crippen molar-refractivity contribution in [3.63, 3.8) is 0 Å². The van der Waals surface area contributed by atoms with Gasteiger partial charge >= 0.3 is 0 Å². The summed E-state index contributed by atoms with van der Waals surface area (Å²) < 4.78 is 0. The fourth-order valence-electron chi connectivity index (χ4n) is 4.60. The quantitative estimate of drug-likeness (QED) is 0.697. The number of allylic oxidation sites excluding steroid dienone is 2. The lowest BCUT2D eigenvalue weighted by molar-refractivity contribution is 0.143. The van der Waals surface area contributed by atoms with Crippen molar-refractivity contribution in [1.82, 2.24) is 4.98 Å². The Bertz CT molecular complexity index is 861. The average molecular weight is 373 g/mol. The number of fused-ring (bicyclic) bond motifs is 5. The van der Waals surface area contributed by atoms with E-state index in [-0.39, 0.29) is 19.1 Å². The Morgan fingerprint density at radius 2 is 2.04 bits per heavy atom. The first-order chi connectivity index (χ1) is 12.6. The molecule has 2 aliphatic rings. The van der Waals surface area contributed by atoms with Crippen molar-refractivity contribution in [3.8, 4) is 0 Å². The molecule has 2 atom stereocenters. The molecule has 0 unspecified atom stereocenters. The van der Waals surface area contributed by atoms with Gasteiger partial charge in [0.2, 0.25) is 0 Å². The van der Waals surface area contributed by atoms with Crippen molar-refractivity contribution in [2.75, 3.05) is 18.9 Å². The van der Waals surface area contributed by atoms with Crippen LogP contribution >= 0.6 is 11.6 Å². The van der Waals surface area contributed by atoms with E-state index in [2.05, 4.69) is 6.08 Å². The van der Waals surface area contributed by atoms with Crippen LogP contribution in [-0.2, 0) is 6.42 Å². The second kappa shape index (κ2) is 7.18. The lowest BCUT2D eigenvalue weighted by Crippen LogP contribution is -2.25. The highest BCUT2D eigenvalue weighted by molar-refractivity contribution is 6.31. The van der Waals surface area contributed by atoms with Gasteiger partial charge in [0, 0.05) is 46.5 Å². The summed E-state index contributed by atoms with van der Waals surface area (Å²) in [4.78, 5) is 4.89. The third kappa shape index (κ3) is 3.22. The SMILES string of the molecule is Nc1c2c(nc3cc(Cl)ccc13)C[C@@H]1C=C(CCC(CO)CO)C[C@H]2C1. The molecule has 0 fully saturated rings. The highest BCUT2D eigenvalue weighted by Crippen LogP contribution is 2.47. The molecular weight excluding hydrogens is 348 g/mol. The number of hydrogen-bond donors (Lipinski definition) is 3. The van der Waals surface area contributed by atoms with E-state index in [9.17, 15) is 10.2 Å². The van der Waals surface area contributed by atoms with Crippen LogP contribution in [0.3, 0.4) is 0 Å². The van der Waals surface area contributed by atoms with Gasteiger partial charge in [0.25, 0.3) is 0 Å². The number of hydrogen-bond acceptors (Lipinski definition) is 4. The molecule has 5 heteroatoms. The van der Waals surface area contributed by atoms with Crippen LogP contribution in [0.15, 0.2) is 29.8 Å². The predicted molar refractivity (Wildman–Crippen MR) is 105 cm³/mol. The molecule has 0 amide bonds. The molecule has 4 N–H and O–H groups in total. The number of nitrogens with two attached hydrogens (primary N) is 1. The molecule has 2 aromatic rings. The number of halogens is 1. The third-order valence-corrected chi connectivity index (χ3v) is 6.16. The van der Waals surface area contributed by atoms with E-state index < -0.39 is 0 Å². The Labute approximate surface area is 158 Å². The number of nitrogen functional groups attached to an aromatic ring is 1. The largest absolute Gasteiger partial charge is 0.398 e. The maximum atomic E-state index is 9.29. The molecule has 26 heavy (non-hydrogen) atoms. The summed E-state index contributed by atoms with van der Waals surface area (Å²) in [5.41, 5.74) is 12.1.